The summed E-state index contributed by atoms with van der Waals surface area (Å²) in [4.78, 5) is 10.9. The summed E-state index contributed by atoms with van der Waals surface area (Å²) in [5.74, 6) is 0. The van der Waals surface area contributed by atoms with E-state index < -0.39 is 0 Å². The van der Waals surface area contributed by atoms with Crippen molar-refractivity contribution in [3.63, 3.8) is 0 Å². The Bertz CT molecular complexity index is 162. The zero-order chi connectivity index (χ0) is 10.6. The molecule has 0 fully saturated rings. The van der Waals surface area contributed by atoms with Crippen LogP contribution in [0.4, 0.5) is 4.79 Å². The molecule has 0 unspecified atom stereocenters. The molecule has 0 aromatic carbocycles. The molecular weight excluding hydrogens is 184 g/mol. The molecule has 0 aliphatic rings. The number of ether oxygens (including phenoxy) is 1. The first-order valence-corrected chi connectivity index (χ1v) is 4.62. The van der Waals surface area contributed by atoms with E-state index in [-0.39, 0.29) is 19.2 Å². The number of hydrogen-bond donors (Lipinski definition) is 3. The van der Waals surface area contributed by atoms with Gasteiger partial charge in [-0.15, -0.1) is 6.58 Å². The van der Waals surface area contributed by atoms with E-state index in [1.807, 2.05) is 0 Å². The Morgan fingerprint density at radius 2 is 2.07 bits per heavy atom. The van der Waals surface area contributed by atoms with Gasteiger partial charge in [0.05, 0.1) is 19.8 Å². The number of urea groups is 1. The molecule has 0 aliphatic carbocycles. The second-order valence-electron chi connectivity index (χ2n) is 2.60. The lowest BCUT2D eigenvalue weighted by atomic mass is 10.4. The van der Waals surface area contributed by atoms with E-state index in [1.165, 1.54) is 0 Å². The average molecular weight is 202 g/mol. The molecule has 0 saturated heterocycles. The van der Waals surface area contributed by atoms with Gasteiger partial charge < -0.3 is 20.5 Å². The van der Waals surface area contributed by atoms with E-state index in [2.05, 4.69) is 17.2 Å². The van der Waals surface area contributed by atoms with Crippen molar-refractivity contribution in [2.45, 2.75) is 6.42 Å². The minimum Gasteiger partial charge on any atom is -0.395 e. The highest BCUT2D eigenvalue weighted by atomic mass is 16.5. The van der Waals surface area contributed by atoms with Crippen molar-refractivity contribution in [1.29, 1.82) is 0 Å². The zero-order valence-electron chi connectivity index (χ0n) is 8.29. The Kier molecular flexibility index (Phi) is 9.25. The maximum absolute atomic E-state index is 10.9. The lowest BCUT2D eigenvalue weighted by molar-refractivity contribution is 0.141. The highest BCUT2D eigenvalue weighted by molar-refractivity contribution is 5.73. The minimum atomic E-state index is -0.286. The molecule has 3 N–H and O–H groups in total. The first-order valence-electron chi connectivity index (χ1n) is 4.62. The van der Waals surface area contributed by atoms with Crippen LogP contribution in [0.5, 0.6) is 0 Å². The number of carbonyl (C=O) groups is 1. The smallest absolute Gasteiger partial charge is 0.314 e. The predicted octanol–water partition coefficient (Wildman–Crippen LogP) is -0.129. The number of hydrogen-bond acceptors (Lipinski definition) is 3. The van der Waals surface area contributed by atoms with Crippen LogP contribution in [0.2, 0.25) is 0 Å². The quantitative estimate of drug-likeness (QED) is 0.379. The SMILES string of the molecule is C=CCCOCCNC(=O)NCCO. The molecule has 0 aromatic heterocycles. The predicted molar refractivity (Wildman–Crippen MR) is 54.1 cm³/mol. The van der Waals surface area contributed by atoms with Gasteiger partial charge in [0.25, 0.3) is 0 Å². The van der Waals surface area contributed by atoms with Crippen LogP contribution in [-0.2, 0) is 4.74 Å². The number of aliphatic hydroxyl groups excluding tert-OH is 1. The lowest BCUT2D eigenvalue weighted by Crippen LogP contribution is -2.38. The third-order valence-electron chi connectivity index (χ3n) is 1.40. The first kappa shape index (κ1) is 12.9. The average Bonchev–Trinajstić information content (AvgIpc) is 2.20. The van der Waals surface area contributed by atoms with Gasteiger partial charge in [-0.05, 0) is 6.42 Å². The largest absolute Gasteiger partial charge is 0.395 e. The third-order valence-corrected chi connectivity index (χ3v) is 1.40. The second-order valence-corrected chi connectivity index (χ2v) is 2.60. The fraction of sp³-hybridized carbons (Fsp3) is 0.667. The molecule has 0 rings (SSSR count). The number of amides is 2. The molecule has 0 aromatic rings. The van der Waals surface area contributed by atoms with E-state index in [0.717, 1.165) is 6.42 Å². The van der Waals surface area contributed by atoms with Crippen LogP contribution in [-0.4, -0.2) is 44.0 Å². The number of nitrogens with one attached hydrogen (secondary N) is 2. The summed E-state index contributed by atoms with van der Waals surface area (Å²) in [5.41, 5.74) is 0. The summed E-state index contributed by atoms with van der Waals surface area (Å²) in [7, 11) is 0. The molecule has 14 heavy (non-hydrogen) atoms. The number of rotatable bonds is 8. The summed E-state index contributed by atoms with van der Waals surface area (Å²) in [6.07, 6.45) is 2.60. The van der Waals surface area contributed by atoms with Crippen LogP contribution in [0.25, 0.3) is 0 Å². The molecule has 2 amide bonds. The fourth-order valence-electron chi connectivity index (χ4n) is 0.737. The Hall–Kier alpha value is -1.07. The van der Waals surface area contributed by atoms with Gasteiger partial charge >= 0.3 is 6.03 Å². The molecule has 0 bridgehead atoms. The molecular formula is C9H18N2O3. The molecule has 5 nitrogen and oxygen atoms in total. The molecule has 5 heteroatoms. The lowest BCUT2D eigenvalue weighted by Gasteiger charge is -2.06. The maximum atomic E-state index is 10.9. The molecule has 0 saturated carbocycles. The highest BCUT2D eigenvalue weighted by Gasteiger charge is 1.96. The fourth-order valence-corrected chi connectivity index (χ4v) is 0.737. The Labute approximate surface area is 84.1 Å². The van der Waals surface area contributed by atoms with Gasteiger partial charge in [-0.3, -0.25) is 0 Å². The normalized spacial score (nSPS) is 9.50. The molecule has 0 atom stereocenters. The van der Waals surface area contributed by atoms with Crippen LogP contribution >= 0.6 is 0 Å². The number of carbonyl (C=O) groups excluding carboxylic acids is 1. The van der Waals surface area contributed by atoms with E-state index in [1.54, 1.807) is 6.08 Å². The second kappa shape index (κ2) is 10.0. The maximum Gasteiger partial charge on any atom is 0.314 e. The van der Waals surface area contributed by atoms with Crippen molar-refractivity contribution >= 4 is 6.03 Å². The van der Waals surface area contributed by atoms with Gasteiger partial charge in [-0.25, -0.2) is 4.79 Å². The minimum absolute atomic E-state index is 0.0523. The molecule has 0 radical (unpaired) electrons. The summed E-state index contributed by atoms with van der Waals surface area (Å²) in [5, 5.41) is 13.5. The van der Waals surface area contributed by atoms with E-state index >= 15 is 0 Å². The Morgan fingerprint density at radius 1 is 1.36 bits per heavy atom. The van der Waals surface area contributed by atoms with Gasteiger partial charge in [-0.1, -0.05) is 6.08 Å². The molecule has 0 heterocycles. The van der Waals surface area contributed by atoms with Gasteiger partial charge in [0.15, 0.2) is 0 Å². The van der Waals surface area contributed by atoms with Crippen molar-refractivity contribution < 1.29 is 14.6 Å². The molecule has 0 spiro atoms. The summed E-state index contributed by atoms with van der Waals surface area (Å²) in [6, 6.07) is -0.286. The first-order chi connectivity index (χ1) is 6.81. The Balaban J connectivity index is 3.10. The highest BCUT2D eigenvalue weighted by Crippen LogP contribution is 1.81. The van der Waals surface area contributed by atoms with E-state index in [9.17, 15) is 4.79 Å². The van der Waals surface area contributed by atoms with Crippen molar-refractivity contribution in [3.8, 4) is 0 Å². The van der Waals surface area contributed by atoms with Gasteiger partial charge in [-0.2, -0.15) is 0 Å². The zero-order valence-corrected chi connectivity index (χ0v) is 8.29. The van der Waals surface area contributed by atoms with Crippen LogP contribution < -0.4 is 10.6 Å². The summed E-state index contributed by atoms with van der Waals surface area (Å²) >= 11 is 0. The monoisotopic (exact) mass is 202 g/mol. The van der Waals surface area contributed by atoms with E-state index in [4.69, 9.17) is 9.84 Å². The van der Waals surface area contributed by atoms with Crippen molar-refractivity contribution in [2.24, 2.45) is 0 Å². The molecule has 0 aliphatic heterocycles. The van der Waals surface area contributed by atoms with Gasteiger partial charge in [0.2, 0.25) is 0 Å². The van der Waals surface area contributed by atoms with Crippen LogP contribution in [0.15, 0.2) is 12.7 Å². The summed E-state index contributed by atoms with van der Waals surface area (Å²) < 4.78 is 5.17. The van der Waals surface area contributed by atoms with Gasteiger partial charge in [0, 0.05) is 13.1 Å². The van der Waals surface area contributed by atoms with Crippen molar-refractivity contribution in [1.82, 2.24) is 10.6 Å². The number of aliphatic hydroxyl groups is 1. The van der Waals surface area contributed by atoms with Gasteiger partial charge in [0.1, 0.15) is 0 Å². The summed E-state index contributed by atoms with van der Waals surface area (Å²) in [6.45, 7) is 5.35. The standard InChI is InChI=1S/C9H18N2O3/c1-2-3-7-14-8-5-11-9(13)10-4-6-12/h2,12H,1,3-8H2,(H2,10,11,13). The van der Waals surface area contributed by atoms with Crippen LogP contribution in [0.1, 0.15) is 6.42 Å². The van der Waals surface area contributed by atoms with Crippen LogP contribution in [0, 0.1) is 0 Å². The van der Waals surface area contributed by atoms with E-state index in [0.29, 0.717) is 19.8 Å². The third kappa shape index (κ3) is 9.02. The van der Waals surface area contributed by atoms with Crippen molar-refractivity contribution in [2.75, 3.05) is 32.9 Å². The van der Waals surface area contributed by atoms with Crippen molar-refractivity contribution in [3.05, 3.63) is 12.7 Å². The van der Waals surface area contributed by atoms with Crippen LogP contribution in [0.3, 0.4) is 0 Å². The molecule has 82 valence electrons. The topological polar surface area (TPSA) is 70.6 Å². The Morgan fingerprint density at radius 3 is 2.71 bits per heavy atom.